The first-order chi connectivity index (χ1) is 14.0. The summed E-state index contributed by atoms with van der Waals surface area (Å²) in [7, 11) is 1.75. The molecule has 0 aliphatic rings. The van der Waals surface area contributed by atoms with E-state index in [0.717, 1.165) is 0 Å². The SMILES string of the molecule is CCOC(=O)c1ccc(N(C)CC(=O)Nc2ccc(OCC)c(OCC)c2)nc1. The molecule has 0 atom stereocenters. The number of benzene rings is 1. The predicted molar refractivity (Wildman–Crippen MR) is 111 cm³/mol. The first kappa shape index (κ1) is 22.0. The van der Waals surface area contributed by atoms with Gasteiger partial charge < -0.3 is 24.4 Å². The van der Waals surface area contributed by atoms with Crippen LogP contribution in [-0.4, -0.2) is 50.3 Å². The molecule has 2 aromatic rings. The average molecular weight is 401 g/mol. The molecule has 1 amide bonds. The molecular weight excluding hydrogens is 374 g/mol. The molecule has 29 heavy (non-hydrogen) atoms. The number of carbonyl (C=O) groups excluding carboxylic acids is 2. The van der Waals surface area contributed by atoms with Gasteiger partial charge in [-0.1, -0.05) is 0 Å². The molecule has 8 heteroatoms. The van der Waals surface area contributed by atoms with Gasteiger partial charge in [-0.3, -0.25) is 4.79 Å². The van der Waals surface area contributed by atoms with Crippen molar-refractivity contribution in [1.82, 2.24) is 4.98 Å². The number of nitrogens with one attached hydrogen (secondary N) is 1. The molecule has 1 N–H and O–H groups in total. The average Bonchev–Trinajstić information content (AvgIpc) is 2.70. The van der Waals surface area contributed by atoms with Crippen LogP contribution in [0.1, 0.15) is 31.1 Å². The van der Waals surface area contributed by atoms with Gasteiger partial charge in [-0.25, -0.2) is 9.78 Å². The van der Waals surface area contributed by atoms with Gasteiger partial charge in [0.2, 0.25) is 5.91 Å². The lowest BCUT2D eigenvalue weighted by molar-refractivity contribution is -0.114. The van der Waals surface area contributed by atoms with Crippen molar-refractivity contribution in [3.8, 4) is 11.5 Å². The summed E-state index contributed by atoms with van der Waals surface area (Å²) in [5.41, 5.74) is 0.979. The zero-order chi connectivity index (χ0) is 21.2. The van der Waals surface area contributed by atoms with Crippen LogP contribution < -0.4 is 19.7 Å². The third kappa shape index (κ3) is 6.38. The quantitative estimate of drug-likeness (QED) is 0.612. The number of anilines is 2. The Morgan fingerprint density at radius 2 is 1.72 bits per heavy atom. The summed E-state index contributed by atoms with van der Waals surface area (Å²) in [6.07, 6.45) is 1.43. The molecule has 1 aromatic heterocycles. The molecule has 156 valence electrons. The Morgan fingerprint density at radius 3 is 2.34 bits per heavy atom. The highest BCUT2D eigenvalue weighted by Crippen LogP contribution is 2.30. The molecule has 0 fully saturated rings. The van der Waals surface area contributed by atoms with Gasteiger partial charge in [-0.05, 0) is 45.0 Å². The summed E-state index contributed by atoms with van der Waals surface area (Å²) in [4.78, 5) is 30.0. The summed E-state index contributed by atoms with van der Waals surface area (Å²) >= 11 is 0. The molecular formula is C21H27N3O5. The molecule has 8 nitrogen and oxygen atoms in total. The highest BCUT2D eigenvalue weighted by molar-refractivity contribution is 5.94. The fourth-order valence-corrected chi connectivity index (χ4v) is 2.57. The minimum Gasteiger partial charge on any atom is -0.490 e. The molecule has 1 aromatic carbocycles. The Morgan fingerprint density at radius 1 is 1.00 bits per heavy atom. The maximum atomic E-state index is 12.4. The summed E-state index contributed by atoms with van der Waals surface area (Å²) in [6, 6.07) is 8.55. The van der Waals surface area contributed by atoms with Crippen molar-refractivity contribution in [2.45, 2.75) is 20.8 Å². The molecule has 2 rings (SSSR count). The molecule has 0 saturated carbocycles. The molecule has 0 saturated heterocycles. The van der Waals surface area contributed by atoms with Crippen LogP contribution in [0, 0.1) is 0 Å². The molecule has 1 heterocycles. The van der Waals surface area contributed by atoms with Crippen molar-refractivity contribution in [2.75, 3.05) is 43.6 Å². The van der Waals surface area contributed by atoms with E-state index < -0.39 is 5.97 Å². The fourth-order valence-electron chi connectivity index (χ4n) is 2.57. The smallest absolute Gasteiger partial charge is 0.339 e. The number of hydrogen-bond acceptors (Lipinski definition) is 7. The first-order valence-electron chi connectivity index (χ1n) is 9.52. The molecule has 0 aliphatic heterocycles. The lowest BCUT2D eigenvalue weighted by Crippen LogP contribution is -2.30. The summed E-state index contributed by atoms with van der Waals surface area (Å²) in [5, 5.41) is 2.84. The Bertz CT molecular complexity index is 824. The van der Waals surface area contributed by atoms with E-state index in [2.05, 4.69) is 10.3 Å². The summed E-state index contributed by atoms with van der Waals surface area (Å²) in [5.74, 6) is 1.14. The zero-order valence-electron chi connectivity index (χ0n) is 17.2. The Labute approximate surface area is 170 Å². The number of likely N-dealkylation sites (N-methyl/N-ethyl adjacent to an activating group) is 1. The van der Waals surface area contributed by atoms with Crippen LogP contribution in [0.4, 0.5) is 11.5 Å². The fraction of sp³-hybridized carbons (Fsp3) is 0.381. The number of aromatic nitrogens is 1. The monoisotopic (exact) mass is 401 g/mol. The van der Waals surface area contributed by atoms with Crippen LogP contribution in [-0.2, 0) is 9.53 Å². The van der Waals surface area contributed by atoms with Crippen LogP contribution in [0.5, 0.6) is 11.5 Å². The van der Waals surface area contributed by atoms with Gasteiger partial charge in [0.05, 0.1) is 31.9 Å². The standard InChI is InChI=1S/C21H27N3O5/c1-5-27-17-10-9-16(12-18(17)28-6-2)23-20(25)14-24(4)19-11-8-15(13-22-19)21(26)29-7-3/h8-13H,5-7,14H2,1-4H3,(H,23,25). The van der Waals surface area contributed by atoms with Gasteiger partial charge in [0.1, 0.15) is 5.82 Å². The third-order valence-corrected chi connectivity index (χ3v) is 3.86. The maximum Gasteiger partial charge on any atom is 0.339 e. The lowest BCUT2D eigenvalue weighted by Gasteiger charge is -2.18. The van der Waals surface area contributed by atoms with E-state index in [1.165, 1.54) is 6.20 Å². The summed E-state index contributed by atoms with van der Waals surface area (Å²) in [6.45, 7) is 6.94. The van der Waals surface area contributed by atoms with E-state index >= 15 is 0 Å². The number of esters is 1. The molecule has 0 unspecified atom stereocenters. The second-order valence-corrected chi connectivity index (χ2v) is 6.06. The van der Waals surface area contributed by atoms with Gasteiger partial charge in [0.15, 0.2) is 11.5 Å². The minimum atomic E-state index is -0.424. The van der Waals surface area contributed by atoms with E-state index in [0.29, 0.717) is 48.4 Å². The minimum absolute atomic E-state index is 0.0862. The Kier molecular flexibility index (Phi) is 8.27. The molecule has 0 radical (unpaired) electrons. The highest BCUT2D eigenvalue weighted by atomic mass is 16.5. The van der Waals surface area contributed by atoms with Crippen molar-refractivity contribution in [2.24, 2.45) is 0 Å². The van der Waals surface area contributed by atoms with E-state index in [4.69, 9.17) is 14.2 Å². The van der Waals surface area contributed by atoms with E-state index in [1.807, 2.05) is 13.8 Å². The number of nitrogens with zero attached hydrogens (tertiary/aromatic N) is 2. The van der Waals surface area contributed by atoms with Crippen LogP contribution in [0.2, 0.25) is 0 Å². The Hall–Kier alpha value is -3.29. The van der Waals surface area contributed by atoms with Crippen molar-refractivity contribution in [1.29, 1.82) is 0 Å². The largest absolute Gasteiger partial charge is 0.490 e. The van der Waals surface area contributed by atoms with Crippen molar-refractivity contribution in [3.63, 3.8) is 0 Å². The van der Waals surface area contributed by atoms with Crippen LogP contribution >= 0.6 is 0 Å². The second-order valence-electron chi connectivity index (χ2n) is 6.06. The van der Waals surface area contributed by atoms with Crippen LogP contribution in [0.25, 0.3) is 0 Å². The van der Waals surface area contributed by atoms with Crippen molar-refractivity contribution in [3.05, 3.63) is 42.1 Å². The van der Waals surface area contributed by atoms with E-state index in [9.17, 15) is 9.59 Å². The third-order valence-electron chi connectivity index (χ3n) is 3.86. The van der Waals surface area contributed by atoms with Crippen LogP contribution in [0.15, 0.2) is 36.5 Å². The van der Waals surface area contributed by atoms with Gasteiger partial charge in [0, 0.05) is 25.0 Å². The highest BCUT2D eigenvalue weighted by Gasteiger charge is 2.13. The zero-order valence-corrected chi connectivity index (χ0v) is 17.2. The number of amides is 1. The predicted octanol–water partition coefficient (Wildman–Crippen LogP) is 3.13. The van der Waals surface area contributed by atoms with Crippen molar-refractivity contribution < 1.29 is 23.8 Å². The number of carbonyl (C=O) groups is 2. The first-order valence-corrected chi connectivity index (χ1v) is 9.52. The van der Waals surface area contributed by atoms with Gasteiger partial charge in [0.25, 0.3) is 0 Å². The molecule has 0 spiro atoms. The topological polar surface area (TPSA) is 90.0 Å². The van der Waals surface area contributed by atoms with Crippen LogP contribution in [0.3, 0.4) is 0 Å². The second kappa shape index (κ2) is 10.9. The Balaban J connectivity index is 1.99. The normalized spacial score (nSPS) is 10.2. The van der Waals surface area contributed by atoms with E-state index in [1.54, 1.807) is 49.2 Å². The number of pyridine rings is 1. The van der Waals surface area contributed by atoms with Crippen molar-refractivity contribution >= 4 is 23.4 Å². The number of ether oxygens (including phenoxy) is 3. The number of rotatable bonds is 10. The molecule has 0 bridgehead atoms. The maximum absolute atomic E-state index is 12.4. The van der Waals surface area contributed by atoms with Gasteiger partial charge in [-0.2, -0.15) is 0 Å². The number of hydrogen-bond donors (Lipinski definition) is 1. The molecule has 0 aliphatic carbocycles. The summed E-state index contributed by atoms with van der Waals surface area (Å²) < 4.78 is 16.0. The van der Waals surface area contributed by atoms with Gasteiger partial charge in [-0.15, -0.1) is 0 Å². The lowest BCUT2D eigenvalue weighted by atomic mass is 10.2. The van der Waals surface area contributed by atoms with E-state index in [-0.39, 0.29) is 12.5 Å². The van der Waals surface area contributed by atoms with Gasteiger partial charge >= 0.3 is 5.97 Å².